The van der Waals surface area contributed by atoms with Crippen LogP contribution in [0.3, 0.4) is 0 Å². The summed E-state index contributed by atoms with van der Waals surface area (Å²) in [6.07, 6.45) is 0.656. The van der Waals surface area contributed by atoms with Gasteiger partial charge in [0.2, 0.25) is 0 Å². The van der Waals surface area contributed by atoms with Crippen LogP contribution in [0, 0.1) is 6.92 Å². The Morgan fingerprint density at radius 3 is 2.68 bits per heavy atom. The molecular formula is C17H19NO. The average molecular weight is 253 g/mol. The minimum absolute atomic E-state index is 0.424. The molecule has 1 heterocycles. The molecule has 0 aromatic heterocycles. The normalized spacial score (nSPS) is 15.4. The predicted molar refractivity (Wildman–Crippen MR) is 78.5 cm³/mol. The largest absolute Gasteiger partial charge is 0.387 e. The molecule has 0 amide bonds. The topological polar surface area (TPSA) is 23.5 Å². The van der Waals surface area contributed by atoms with E-state index in [1.807, 2.05) is 18.2 Å². The van der Waals surface area contributed by atoms with Gasteiger partial charge in [-0.2, -0.15) is 0 Å². The number of anilines is 1. The van der Waals surface area contributed by atoms with Gasteiger partial charge in [-0.25, -0.2) is 0 Å². The molecule has 0 bridgehead atoms. The number of hydrogen-bond donors (Lipinski definition) is 1. The number of aryl methyl sites for hydroxylation is 1. The lowest BCUT2D eigenvalue weighted by Crippen LogP contribution is -2.26. The molecule has 0 fully saturated rings. The zero-order valence-corrected chi connectivity index (χ0v) is 11.2. The molecule has 3 rings (SSSR count). The van der Waals surface area contributed by atoms with Crippen molar-refractivity contribution in [2.75, 3.05) is 18.0 Å². The molecule has 0 radical (unpaired) electrons. The smallest absolute Gasteiger partial charge is 0.0967 e. The van der Waals surface area contributed by atoms with Crippen molar-refractivity contribution in [3.05, 3.63) is 65.2 Å². The van der Waals surface area contributed by atoms with Crippen LogP contribution in [0.5, 0.6) is 0 Å². The van der Waals surface area contributed by atoms with Crippen molar-refractivity contribution in [1.82, 2.24) is 0 Å². The van der Waals surface area contributed by atoms with E-state index in [2.05, 4.69) is 42.2 Å². The Balaban J connectivity index is 1.78. The van der Waals surface area contributed by atoms with Gasteiger partial charge in [0.25, 0.3) is 0 Å². The monoisotopic (exact) mass is 253 g/mol. The minimum Gasteiger partial charge on any atom is -0.387 e. The second kappa shape index (κ2) is 5.06. The van der Waals surface area contributed by atoms with E-state index in [-0.39, 0.29) is 0 Å². The summed E-state index contributed by atoms with van der Waals surface area (Å²) in [5.41, 5.74) is 4.85. The maximum absolute atomic E-state index is 10.4. The second-order valence-electron chi connectivity index (χ2n) is 5.20. The van der Waals surface area contributed by atoms with E-state index < -0.39 is 6.10 Å². The lowest BCUT2D eigenvalue weighted by molar-refractivity contribution is 0.183. The summed E-state index contributed by atoms with van der Waals surface area (Å²) in [5.74, 6) is 0. The van der Waals surface area contributed by atoms with Crippen molar-refractivity contribution < 1.29 is 5.11 Å². The molecule has 98 valence electrons. The van der Waals surface area contributed by atoms with Gasteiger partial charge in [-0.3, -0.25) is 0 Å². The molecule has 2 aromatic rings. The maximum atomic E-state index is 10.4. The highest BCUT2D eigenvalue weighted by Crippen LogP contribution is 2.29. The van der Waals surface area contributed by atoms with Crippen molar-refractivity contribution in [2.24, 2.45) is 0 Å². The van der Waals surface area contributed by atoms with E-state index in [1.54, 1.807) is 0 Å². The van der Waals surface area contributed by atoms with Gasteiger partial charge in [0.05, 0.1) is 6.10 Å². The lowest BCUT2D eigenvalue weighted by atomic mass is 10.0. The Hall–Kier alpha value is -1.80. The summed E-state index contributed by atoms with van der Waals surface area (Å²) < 4.78 is 0. The molecule has 2 heteroatoms. The van der Waals surface area contributed by atoms with E-state index in [9.17, 15) is 5.11 Å². The number of hydrogen-bond acceptors (Lipinski definition) is 2. The van der Waals surface area contributed by atoms with E-state index in [4.69, 9.17) is 0 Å². The first-order valence-electron chi connectivity index (χ1n) is 6.82. The summed E-state index contributed by atoms with van der Waals surface area (Å²) in [6.45, 7) is 3.72. The van der Waals surface area contributed by atoms with E-state index in [1.165, 1.54) is 11.3 Å². The van der Waals surface area contributed by atoms with Crippen LogP contribution < -0.4 is 4.90 Å². The lowest BCUT2D eigenvalue weighted by Gasteiger charge is -2.24. The number of benzene rings is 2. The molecule has 1 unspecified atom stereocenters. The van der Waals surface area contributed by atoms with Gasteiger partial charge >= 0.3 is 0 Å². The average Bonchev–Trinajstić information content (AvgIpc) is 2.83. The first-order valence-corrected chi connectivity index (χ1v) is 6.82. The Bertz CT molecular complexity index is 579. The summed E-state index contributed by atoms with van der Waals surface area (Å²) in [6, 6.07) is 16.5. The molecule has 19 heavy (non-hydrogen) atoms. The Kier molecular flexibility index (Phi) is 3.26. The fourth-order valence-electron chi connectivity index (χ4n) is 2.86. The van der Waals surface area contributed by atoms with Crippen LogP contribution in [-0.4, -0.2) is 18.2 Å². The number of aliphatic hydroxyl groups is 1. The molecule has 0 saturated carbocycles. The minimum atomic E-state index is -0.424. The summed E-state index contributed by atoms with van der Waals surface area (Å²) >= 11 is 0. The van der Waals surface area contributed by atoms with Gasteiger partial charge < -0.3 is 10.0 Å². The zero-order chi connectivity index (χ0) is 13.2. The van der Waals surface area contributed by atoms with Gasteiger partial charge in [0.15, 0.2) is 0 Å². The van der Waals surface area contributed by atoms with Crippen molar-refractivity contribution in [3.63, 3.8) is 0 Å². The third-order valence-corrected chi connectivity index (χ3v) is 3.92. The van der Waals surface area contributed by atoms with Crippen molar-refractivity contribution in [1.29, 1.82) is 0 Å². The molecule has 2 aromatic carbocycles. The highest BCUT2D eigenvalue weighted by Gasteiger charge is 2.21. The van der Waals surface area contributed by atoms with Crippen molar-refractivity contribution >= 4 is 5.69 Å². The van der Waals surface area contributed by atoms with E-state index in [0.717, 1.165) is 24.1 Å². The van der Waals surface area contributed by atoms with E-state index >= 15 is 0 Å². The molecule has 1 aliphatic rings. The molecule has 1 aliphatic heterocycles. The Morgan fingerprint density at radius 2 is 1.84 bits per heavy atom. The highest BCUT2D eigenvalue weighted by molar-refractivity contribution is 5.58. The fraction of sp³-hybridized carbons (Fsp3) is 0.294. The van der Waals surface area contributed by atoms with Gasteiger partial charge in [0, 0.05) is 18.8 Å². The summed E-state index contributed by atoms with van der Waals surface area (Å²) in [4.78, 5) is 2.28. The molecular weight excluding hydrogens is 234 g/mol. The van der Waals surface area contributed by atoms with Crippen LogP contribution in [0.25, 0.3) is 0 Å². The standard InChI is InChI=1S/C17H19NO/c1-13-6-2-4-8-15(13)17(19)12-18-11-10-14-7-3-5-9-16(14)18/h2-9,17,19H,10-12H2,1H3. The predicted octanol–water partition coefficient (Wildman–Crippen LogP) is 3.09. The molecule has 0 saturated heterocycles. The Morgan fingerprint density at radius 1 is 1.11 bits per heavy atom. The fourth-order valence-corrected chi connectivity index (χ4v) is 2.86. The van der Waals surface area contributed by atoms with Crippen LogP contribution in [0.2, 0.25) is 0 Å². The number of fused-ring (bicyclic) bond motifs is 1. The number of nitrogens with zero attached hydrogens (tertiary/aromatic N) is 1. The third-order valence-electron chi connectivity index (χ3n) is 3.92. The van der Waals surface area contributed by atoms with Crippen LogP contribution in [0.1, 0.15) is 22.8 Å². The molecule has 1 atom stereocenters. The third kappa shape index (κ3) is 2.36. The van der Waals surface area contributed by atoms with Gasteiger partial charge in [-0.1, -0.05) is 42.5 Å². The SMILES string of the molecule is Cc1ccccc1C(O)CN1CCc2ccccc21. The first kappa shape index (κ1) is 12.2. The first-order chi connectivity index (χ1) is 9.25. The van der Waals surface area contributed by atoms with Gasteiger partial charge in [-0.15, -0.1) is 0 Å². The number of β-amino-alcohol motifs (C(OH)–C–C–N with tert-alkyl or cyclic N) is 1. The summed E-state index contributed by atoms with van der Waals surface area (Å²) in [5, 5.41) is 10.4. The van der Waals surface area contributed by atoms with Gasteiger partial charge in [-0.05, 0) is 36.1 Å². The van der Waals surface area contributed by atoms with Crippen LogP contribution in [-0.2, 0) is 6.42 Å². The van der Waals surface area contributed by atoms with E-state index in [0.29, 0.717) is 6.54 Å². The number of rotatable bonds is 3. The quantitative estimate of drug-likeness (QED) is 0.908. The van der Waals surface area contributed by atoms with Gasteiger partial charge in [0.1, 0.15) is 0 Å². The van der Waals surface area contributed by atoms with Crippen LogP contribution in [0.15, 0.2) is 48.5 Å². The molecule has 0 aliphatic carbocycles. The summed E-state index contributed by atoms with van der Waals surface area (Å²) in [7, 11) is 0. The number of para-hydroxylation sites is 1. The van der Waals surface area contributed by atoms with Crippen molar-refractivity contribution in [3.8, 4) is 0 Å². The second-order valence-corrected chi connectivity index (χ2v) is 5.20. The van der Waals surface area contributed by atoms with Crippen LogP contribution >= 0.6 is 0 Å². The van der Waals surface area contributed by atoms with Crippen molar-refractivity contribution in [2.45, 2.75) is 19.4 Å². The zero-order valence-electron chi connectivity index (χ0n) is 11.2. The molecule has 2 nitrogen and oxygen atoms in total. The highest BCUT2D eigenvalue weighted by atomic mass is 16.3. The molecule has 1 N–H and O–H groups in total. The van der Waals surface area contributed by atoms with Crippen LogP contribution in [0.4, 0.5) is 5.69 Å². The number of aliphatic hydroxyl groups excluding tert-OH is 1. The molecule has 0 spiro atoms. The maximum Gasteiger partial charge on any atom is 0.0967 e. The Labute approximate surface area is 114 Å².